The van der Waals surface area contributed by atoms with Crippen molar-refractivity contribution in [3.05, 3.63) is 95.0 Å². The molecule has 0 aliphatic rings. The standard InChI is InChI=1S/C25H27ClN2O2/c1-3-19(2)28(25(29)27-23-13-8-12-22(26)16-23)17-21-11-7-14-24(15-21)30-18-20-9-5-4-6-10-20/h4-16,19H,3,17-18H2,1-2H3,(H,27,29). The number of ether oxygens (including phenoxy) is 1. The minimum atomic E-state index is -0.151. The molecule has 3 aromatic carbocycles. The van der Waals surface area contributed by atoms with Crippen molar-refractivity contribution in [3.63, 3.8) is 0 Å². The monoisotopic (exact) mass is 422 g/mol. The van der Waals surface area contributed by atoms with Crippen LogP contribution >= 0.6 is 11.6 Å². The Hall–Kier alpha value is -2.98. The van der Waals surface area contributed by atoms with Gasteiger partial charge in [-0.05, 0) is 54.8 Å². The molecule has 4 nitrogen and oxygen atoms in total. The fraction of sp³-hybridized carbons (Fsp3) is 0.240. The number of carbonyl (C=O) groups excluding carboxylic acids is 1. The van der Waals surface area contributed by atoms with Crippen LogP contribution in [0.4, 0.5) is 10.5 Å². The molecule has 0 spiro atoms. The van der Waals surface area contributed by atoms with Crippen molar-refractivity contribution < 1.29 is 9.53 Å². The number of benzene rings is 3. The van der Waals surface area contributed by atoms with Gasteiger partial charge >= 0.3 is 6.03 Å². The van der Waals surface area contributed by atoms with Gasteiger partial charge < -0.3 is 15.0 Å². The number of carbonyl (C=O) groups is 1. The van der Waals surface area contributed by atoms with E-state index in [1.165, 1.54) is 0 Å². The smallest absolute Gasteiger partial charge is 0.322 e. The molecule has 0 bridgehead atoms. The molecule has 0 fully saturated rings. The molecule has 2 amide bonds. The molecule has 156 valence electrons. The zero-order chi connectivity index (χ0) is 21.3. The predicted molar refractivity (Wildman–Crippen MR) is 123 cm³/mol. The van der Waals surface area contributed by atoms with Gasteiger partial charge in [-0.1, -0.05) is 67.1 Å². The number of urea groups is 1. The zero-order valence-corrected chi connectivity index (χ0v) is 18.1. The van der Waals surface area contributed by atoms with Crippen LogP contribution in [0.25, 0.3) is 0 Å². The number of rotatable bonds is 8. The Kier molecular flexibility index (Phi) is 7.75. The number of halogens is 1. The van der Waals surface area contributed by atoms with E-state index in [1.54, 1.807) is 12.1 Å². The topological polar surface area (TPSA) is 41.6 Å². The van der Waals surface area contributed by atoms with Crippen molar-refractivity contribution in [2.45, 2.75) is 39.5 Å². The van der Waals surface area contributed by atoms with E-state index >= 15 is 0 Å². The molecule has 1 N–H and O–H groups in total. The number of amides is 2. The zero-order valence-electron chi connectivity index (χ0n) is 17.3. The van der Waals surface area contributed by atoms with Crippen LogP contribution in [0, 0.1) is 0 Å². The second-order valence-electron chi connectivity index (χ2n) is 7.25. The van der Waals surface area contributed by atoms with Crippen molar-refractivity contribution >= 4 is 23.3 Å². The summed E-state index contributed by atoms with van der Waals surface area (Å²) in [7, 11) is 0. The number of nitrogens with zero attached hydrogens (tertiary/aromatic N) is 1. The van der Waals surface area contributed by atoms with E-state index in [0.29, 0.717) is 23.9 Å². The van der Waals surface area contributed by atoms with Crippen LogP contribution < -0.4 is 10.1 Å². The van der Waals surface area contributed by atoms with Gasteiger partial charge in [0.2, 0.25) is 0 Å². The first-order valence-corrected chi connectivity index (χ1v) is 10.5. The lowest BCUT2D eigenvalue weighted by molar-refractivity contribution is 0.187. The fourth-order valence-electron chi connectivity index (χ4n) is 3.08. The van der Waals surface area contributed by atoms with Gasteiger partial charge in [-0.3, -0.25) is 0 Å². The van der Waals surface area contributed by atoms with Crippen LogP contribution in [0.1, 0.15) is 31.4 Å². The van der Waals surface area contributed by atoms with E-state index < -0.39 is 0 Å². The largest absolute Gasteiger partial charge is 0.489 e. The van der Waals surface area contributed by atoms with Crippen molar-refractivity contribution in [2.24, 2.45) is 0 Å². The van der Waals surface area contributed by atoms with Gasteiger partial charge in [0.05, 0.1) is 0 Å². The van der Waals surface area contributed by atoms with Crippen molar-refractivity contribution in [1.29, 1.82) is 0 Å². The van der Waals surface area contributed by atoms with Gasteiger partial charge in [0.15, 0.2) is 0 Å². The molecule has 3 aromatic rings. The summed E-state index contributed by atoms with van der Waals surface area (Å²) in [6.07, 6.45) is 0.854. The van der Waals surface area contributed by atoms with E-state index in [-0.39, 0.29) is 12.1 Å². The van der Waals surface area contributed by atoms with E-state index in [0.717, 1.165) is 23.3 Å². The summed E-state index contributed by atoms with van der Waals surface area (Å²) in [5, 5.41) is 3.54. The summed E-state index contributed by atoms with van der Waals surface area (Å²) in [5.41, 5.74) is 2.81. The summed E-state index contributed by atoms with van der Waals surface area (Å²) in [6.45, 7) is 5.12. The maximum Gasteiger partial charge on any atom is 0.322 e. The molecular formula is C25H27ClN2O2. The fourth-order valence-corrected chi connectivity index (χ4v) is 3.27. The molecule has 0 heterocycles. The van der Waals surface area contributed by atoms with Gasteiger partial charge in [0, 0.05) is 23.3 Å². The normalized spacial score (nSPS) is 11.6. The quantitative estimate of drug-likeness (QED) is 0.436. The van der Waals surface area contributed by atoms with E-state index in [4.69, 9.17) is 16.3 Å². The van der Waals surface area contributed by atoms with E-state index in [1.807, 2.05) is 78.6 Å². The van der Waals surface area contributed by atoms with Gasteiger partial charge in [-0.25, -0.2) is 4.79 Å². The summed E-state index contributed by atoms with van der Waals surface area (Å²) in [6, 6.07) is 25.1. The minimum Gasteiger partial charge on any atom is -0.489 e. The molecule has 0 saturated heterocycles. The van der Waals surface area contributed by atoms with Crippen molar-refractivity contribution in [2.75, 3.05) is 5.32 Å². The van der Waals surface area contributed by atoms with Crippen LogP contribution in [0.15, 0.2) is 78.9 Å². The average Bonchev–Trinajstić information content (AvgIpc) is 2.76. The third-order valence-electron chi connectivity index (χ3n) is 4.96. The Labute approximate surface area is 183 Å². The van der Waals surface area contributed by atoms with Gasteiger partial charge in [0.1, 0.15) is 12.4 Å². The first-order valence-electron chi connectivity index (χ1n) is 10.1. The van der Waals surface area contributed by atoms with Crippen LogP contribution in [-0.2, 0) is 13.2 Å². The summed E-state index contributed by atoms with van der Waals surface area (Å²) in [4.78, 5) is 14.8. The molecule has 0 radical (unpaired) electrons. The lowest BCUT2D eigenvalue weighted by Gasteiger charge is -2.29. The minimum absolute atomic E-state index is 0.0816. The number of nitrogens with one attached hydrogen (secondary N) is 1. The highest BCUT2D eigenvalue weighted by Crippen LogP contribution is 2.20. The SMILES string of the molecule is CCC(C)N(Cc1cccc(OCc2ccccc2)c1)C(=O)Nc1cccc(Cl)c1. The molecule has 0 aliphatic heterocycles. The van der Waals surface area contributed by atoms with Crippen molar-refractivity contribution in [1.82, 2.24) is 4.90 Å². The second kappa shape index (κ2) is 10.7. The summed E-state index contributed by atoms with van der Waals surface area (Å²) in [5.74, 6) is 0.788. The molecule has 1 atom stereocenters. The summed E-state index contributed by atoms with van der Waals surface area (Å²) < 4.78 is 5.94. The maximum atomic E-state index is 13.0. The van der Waals surface area contributed by atoms with Crippen LogP contribution in [-0.4, -0.2) is 17.0 Å². The van der Waals surface area contributed by atoms with E-state index in [9.17, 15) is 4.79 Å². The predicted octanol–water partition coefficient (Wildman–Crippen LogP) is 6.75. The van der Waals surface area contributed by atoms with Crippen LogP contribution in [0.2, 0.25) is 5.02 Å². The lowest BCUT2D eigenvalue weighted by Crippen LogP contribution is -2.40. The summed E-state index contributed by atoms with van der Waals surface area (Å²) >= 11 is 6.04. The highest BCUT2D eigenvalue weighted by Gasteiger charge is 2.20. The maximum absolute atomic E-state index is 13.0. The van der Waals surface area contributed by atoms with Gasteiger partial charge in [0.25, 0.3) is 0 Å². The Balaban J connectivity index is 1.69. The van der Waals surface area contributed by atoms with Crippen LogP contribution in [0.3, 0.4) is 0 Å². The van der Waals surface area contributed by atoms with Gasteiger partial charge in [-0.15, -0.1) is 0 Å². The molecular weight excluding hydrogens is 396 g/mol. The number of hydrogen-bond donors (Lipinski definition) is 1. The highest BCUT2D eigenvalue weighted by atomic mass is 35.5. The Morgan fingerprint density at radius 1 is 1.00 bits per heavy atom. The molecule has 30 heavy (non-hydrogen) atoms. The Morgan fingerprint density at radius 3 is 2.47 bits per heavy atom. The first-order chi connectivity index (χ1) is 14.5. The molecule has 0 aromatic heterocycles. The Morgan fingerprint density at radius 2 is 1.73 bits per heavy atom. The third-order valence-corrected chi connectivity index (χ3v) is 5.19. The molecule has 0 saturated carbocycles. The molecule has 1 unspecified atom stereocenters. The first kappa shape index (κ1) is 21.7. The van der Waals surface area contributed by atoms with Crippen LogP contribution in [0.5, 0.6) is 5.75 Å². The highest BCUT2D eigenvalue weighted by molar-refractivity contribution is 6.30. The number of anilines is 1. The Bertz CT molecular complexity index is 962. The third kappa shape index (κ3) is 6.26. The van der Waals surface area contributed by atoms with Crippen molar-refractivity contribution in [3.8, 4) is 5.75 Å². The average molecular weight is 423 g/mol. The molecule has 3 rings (SSSR count). The molecule has 5 heteroatoms. The lowest BCUT2D eigenvalue weighted by atomic mass is 10.1. The van der Waals surface area contributed by atoms with Gasteiger partial charge in [-0.2, -0.15) is 0 Å². The van der Waals surface area contributed by atoms with E-state index in [2.05, 4.69) is 12.2 Å². The number of hydrogen-bond acceptors (Lipinski definition) is 2. The second-order valence-corrected chi connectivity index (χ2v) is 7.68. The molecule has 0 aliphatic carbocycles.